The molecule has 1 aliphatic heterocycles. The number of ether oxygens (including phenoxy) is 2. The summed E-state index contributed by atoms with van der Waals surface area (Å²) in [6.45, 7) is 1.83. The largest absolute Gasteiger partial charge is 0.469 e. The number of esters is 1. The van der Waals surface area contributed by atoms with Gasteiger partial charge in [0.1, 0.15) is 4.99 Å². The summed E-state index contributed by atoms with van der Waals surface area (Å²) in [5.74, 6) is -0.281. The molecular weight excluding hydrogens is 312 g/mol. The van der Waals surface area contributed by atoms with E-state index in [9.17, 15) is 4.79 Å². The first-order valence-corrected chi connectivity index (χ1v) is 7.32. The fourth-order valence-corrected chi connectivity index (χ4v) is 2.67. The van der Waals surface area contributed by atoms with Gasteiger partial charge in [0.05, 0.1) is 37.0 Å². The molecule has 0 bridgehead atoms. The molecule has 0 aliphatic carbocycles. The number of carbonyl (C=O) groups excluding carboxylic acids is 1. The Morgan fingerprint density at radius 3 is 3.00 bits per heavy atom. The predicted octanol–water partition coefficient (Wildman–Crippen LogP) is 1.74. The standard InChI is InChI=1S/C14H17ClN2O3S/c1-19-13(18)7-10-8-17(4-5-20-10)12-3-2-9(14(16)21)6-11(12)15/h2-3,6,10H,4-5,7-8H2,1H3,(H2,16,21). The van der Waals surface area contributed by atoms with Gasteiger partial charge in [0.15, 0.2) is 0 Å². The number of nitrogens with two attached hydrogens (primary N) is 1. The van der Waals surface area contributed by atoms with Crippen LogP contribution in [0.4, 0.5) is 5.69 Å². The zero-order valence-electron chi connectivity index (χ0n) is 11.7. The van der Waals surface area contributed by atoms with E-state index in [0.29, 0.717) is 29.7 Å². The average Bonchev–Trinajstić information content (AvgIpc) is 2.47. The van der Waals surface area contributed by atoms with Crippen LogP contribution in [0.3, 0.4) is 0 Å². The third-order valence-corrected chi connectivity index (χ3v) is 3.87. The Balaban J connectivity index is 2.10. The summed E-state index contributed by atoms with van der Waals surface area (Å²) in [5, 5.41) is 0.582. The summed E-state index contributed by atoms with van der Waals surface area (Å²) in [4.78, 5) is 13.7. The highest BCUT2D eigenvalue weighted by atomic mass is 35.5. The van der Waals surface area contributed by atoms with Gasteiger partial charge in [-0.2, -0.15) is 0 Å². The number of carbonyl (C=O) groups is 1. The van der Waals surface area contributed by atoms with E-state index < -0.39 is 0 Å². The number of benzene rings is 1. The van der Waals surface area contributed by atoms with Crippen molar-refractivity contribution in [1.29, 1.82) is 0 Å². The second-order valence-corrected chi connectivity index (χ2v) is 5.60. The molecule has 1 aliphatic rings. The van der Waals surface area contributed by atoms with Crippen molar-refractivity contribution in [2.45, 2.75) is 12.5 Å². The molecule has 0 aromatic heterocycles. The van der Waals surface area contributed by atoms with Gasteiger partial charge in [-0.1, -0.05) is 23.8 Å². The molecule has 1 heterocycles. The van der Waals surface area contributed by atoms with Gasteiger partial charge in [-0.05, 0) is 18.2 Å². The molecule has 1 atom stereocenters. The van der Waals surface area contributed by atoms with Crippen molar-refractivity contribution in [3.8, 4) is 0 Å². The van der Waals surface area contributed by atoms with Crippen molar-refractivity contribution in [1.82, 2.24) is 0 Å². The van der Waals surface area contributed by atoms with Crippen LogP contribution in [0.15, 0.2) is 18.2 Å². The van der Waals surface area contributed by atoms with Crippen LogP contribution >= 0.6 is 23.8 Å². The minimum atomic E-state index is -0.281. The lowest BCUT2D eigenvalue weighted by Gasteiger charge is -2.34. The summed E-state index contributed by atoms with van der Waals surface area (Å²) in [7, 11) is 1.37. The topological polar surface area (TPSA) is 64.8 Å². The maximum absolute atomic E-state index is 11.3. The van der Waals surface area contributed by atoms with Crippen molar-refractivity contribution < 1.29 is 14.3 Å². The van der Waals surface area contributed by atoms with E-state index in [1.54, 1.807) is 6.07 Å². The zero-order chi connectivity index (χ0) is 15.4. The van der Waals surface area contributed by atoms with Crippen LogP contribution in [-0.2, 0) is 14.3 Å². The number of morpholine rings is 1. The molecule has 0 saturated carbocycles. The van der Waals surface area contributed by atoms with E-state index in [2.05, 4.69) is 9.64 Å². The zero-order valence-corrected chi connectivity index (χ0v) is 13.2. The number of hydrogen-bond donors (Lipinski definition) is 1. The fourth-order valence-electron chi connectivity index (χ4n) is 2.25. The lowest BCUT2D eigenvalue weighted by molar-refractivity contribution is -0.144. The van der Waals surface area contributed by atoms with Crippen LogP contribution in [0, 0.1) is 0 Å². The minimum absolute atomic E-state index is 0.197. The molecule has 1 unspecified atom stereocenters. The molecule has 5 nitrogen and oxygen atoms in total. The van der Waals surface area contributed by atoms with Gasteiger partial charge in [-0.25, -0.2) is 0 Å². The van der Waals surface area contributed by atoms with Crippen LogP contribution in [-0.4, -0.2) is 43.9 Å². The van der Waals surface area contributed by atoms with Crippen LogP contribution in [0.5, 0.6) is 0 Å². The normalized spacial score (nSPS) is 18.4. The number of halogens is 1. The Kier molecular flexibility index (Phi) is 5.39. The molecule has 1 fully saturated rings. The summed E-state index contributed by atoms with van der Waals surface area (Å²) >= 11 is 11.2. The van der Waals surface area contributed by atoms with Crippen molar-refractivity contribution in [2.24, 2.45) is 5.73 Å². The summed E-state index contributed by atoms with van der Waals surface area (Å²) in [6, 6.07) is 5.48. The van der Waals surface area contributed by atoms with E-state index >= 15 is 0 Å². The van der Waals surface area contributed by atoms with E-state index in [-0.39, 0.29) is 18.5 Å². The van der Waals surface area contributed by atoms with Crippen molar-refractivity contribution in [3.05, 3.63) is 28.8 Å². The number of rotatable bonds is 4. The Morgan fingerprint density at radius 2 is 2.38 bits per heavy atom. The van der Waals surface area contributed by atoms with Gasteiger partial charge in [-0.3, -0.25) is 4.79 Å². The highest BCUT2D eigenvalue weighted by Gasteiger charge is 2.24. The molecule has 21 heavy (non-hydrogen) atoms. The van der Waals surface area contributed by atoms with Crippen LogP contribution in [0.1, 0.15) is 12.0 Å². The average molecular weight is 329 g/mol. The number of thiocarbonyl (C=S) groups is 1. The summed E-state index contributed by atoms with van der Waals surface area (Å²) < 4.78 is 10.2. The maximum Gasteiger partial charge on any atom is 0.308 e. The third kappa shape index (κ3) is 4.06. The van der Waals surface area contributed by atoms with E-state index in [4.69, 9.17) is 34.3 Å². The highest BCUT2D eigenvalue weighted by molar-refractivity contribution is 7.80. The molecule has 2 rings (SSSR count). The highest BCUT2D eigenvalue weighted by Crippen LogP contribution is 2.28. The minimum Gasteiger partial charge on any atom is -0.469 e. The van der Waals surface area contributed by atoms with E-state index in [1.807, 2.05) is 12.1 Å². The predicted molar refractivity (Wildman–Crippen MR) is 85.9 cm³/mol. The Bertz CT molecular complexity index is 553. The van der Waals surface area contributed by atoms with Gasteiger partial charge < -0.3 is 20.1 Å². The Labute approximate surface area is 133 Å². The number of hydrogen-bond acceptors (Lipinski definition) is 5. The molecule has 2 N–H and O–H groups in total. The van der Waals surface area contributed by atoms with Gasteiger partial charge in [0.2, 0.25) is 0 Å². The van der Waals surface area contributed by atoms with E-state index in [0.717, 1.165) is 11.3 Å². The molecule has 1 saturated heterocycles. The van der Waals surface area contributed by atoms with Crippen LogP contribution < -0.4 is 10.6 Å². The first-order valence-electron chi connectivity index (χ1n) is 6.54. The van der Waals surface area contributed by atoms with Crippen molar-refractivity contribution in [3.63, 3.8) is 0 Å². The number of nitrogens with zero attached hydrogens (tertiary/aromatic N) is 1. The Hall–Kier alpha value is -1.37. The number of methoxy groups -OCH3 is 1. The first-order chi connectivity index (χ1) is 10.0. The molecule has 114 valence electrons. The van der Waals surface area contributed by atoms with Gasteiger partial charge in [-0.15, -0.1) is 0 Å². The van der Waals surface area contributed by atoms with Gasteiger partial charge in [0.25, 0.3) is 0 Å². The first kappa shape index (κ1) is 16.0. The SMILES string of the molecule is COC(=O)CC1CN(c2ccc(C(N)=S)cc2Cl)CCO1. The lowest BCUT2D eigenvalue weighted by atomic mass is 10.1. The molecule has 7 heteroatoms. The quantitative estimate of drug-likeness (QED) is 0.671. The van der Waals surface area contributed by atoms with E-state index in [1.165, 1.54) is 7.11 Å². The monoisotopic (exact) mass is 328 g/mol. The van der Waals surface area contributed by atoms with Crippen LogP contribution in [0.2, 0.25) is 5.02 Å². The van der Waals surface area contributed by atoms with Gasteiger partial charge >= 0.3 is 5.97 Å². The molecule has 1 aromatic carbocycles. The fraction of sp³-hybridized carbons (Fsp3) is 0.429. The second-order valence-electron chi connectivity index (χ2n) is 4.75. The smallest absolute Gasteiger partial charge is 0.308 e. The molecule has 1 aromatic rings. The second kappa shape index (κ2) is 7.06. The number of anilines is 1. The van der Waals surface area contributed by atoms with Gasteiger partial charge in [0, 0.05) is 18.7 Å². The Morgan fingerprint density at radius 1 is 1.62 bits per heavy atom. The third-order valence-electron chi connectivity index (χ3n) is 3.33. The molecule has 0 spiro atoms. The molecule has 0 amide bonds. The van der Waals surface area contributed by atoms with Crippen molar-refractivity contribution in [2.75, 3.05) is 31.7 Å². The molecule has 0 radical (unpaired) electrons. The maximum atomic E-state index is 11.3. The summed E-state index contributed by atoms with van der Waals surface area (Å²) in [6.07, 6.45) is 0.0350. The summed E-state index contributed by atoms with van der Waals surface area (Å²) in [5.41, 5.74) is 7.21. The lowest BCUT2D eigenvalue weighted by Crippen LogP contribution is -2.43. The molecular formula is C14H17ClN2O3S. The van der Waals surface area contributed by atoms with Crippen molar-refractivity contribution >= 4 is 40.5 Å². The van der Waals surface area contributed by atoms with Crippen LogP contribution in [0.25, 0.3) is 0 Å².